The number of hydrogen-bond donors (Lipinski definition) is 2. The molecule has 0 aliphatic carbocycles. The van der Waals surface area contributed by atoms with E-state index < -0.39 is 5.56 Å². The summed E-state index contributed by atoms with van der Waals surface area (Å²) in [6.07, 6.45) is 0. The molecule has 66 valence electrons. The lowest BCUT2D eigenvalue weighted by atomic mass is 10.2. The van der Waals surface area contributed by atoms with Crippen LogP contribution in [0.4, 0.5) is 0 Å². The van der Waals surface area contributed by atoms with Gasteiger partial charge in [0.15, 0.2) is 0 Å². The number of rotatable bonds is 0. The average molecular weight is 176 g/mol. The molecule has 0 amide bonds. The number of nitrogens with zero attached hydrogens (tertiary/aromatic N) is 1. The summed E-state index contributed by atoms with van der Waals surface area (Å²) in [5, 5.41) is 10.7. The largest absolute Gasteiger partial charge is 0.493 e. The number of hydrogen-bond acceptors (Lipinski definition) is 3. The molecule has 2 rings (SSSR count). The first-order valence-electron chi connectivity index (χ1n) is 3.79. The van der Waals surface area contributed by atoms with Crippen LogP contribution >= 0.6 is 0 Å². The molecular formula is C9H8N2O2. The molecule has 13 heavy (non-hydrogen) atoms. The van der Waals surface area contributed by atoms with Crippen molar-refractivity contribution >= 4 is 10.8 Å². The number of benzene rings is 1. The summed E-state index contributed by atoms with van der Waals surface area (Å²) in [5.74, 6) is 5.10. The first-order valence-corrected chi connectivity index (χ1v) is 3.79. The van der Waals surface area contributed by atoms with Gasteiger partial charge in [0.1, 0.15) is 0 Å². The van der Waals surface area contributed by atoms with E-state index in [1.807, 2.05) is 0 Å². The lowest BCUT2D eigenvalue weighted by molar-refractivity contribution is 0.437. The molecule has 0 spiro atoms. The van der Waals surface area contributed by atoms with Crippen molar-refractivity contribution in [2.45, 2.75) is 0 Å². The molecule has 1 aromatic carbocycles. The van der Waals surface area contributed by atoms with E-state index in [4.69, 9.17) is 5.84 Å². The Morgan fingerprint density at radius 2 is 2.00 bits per heavy atom. The summed E-state index contributed by atoms with van der Waals surface area (Å²) in [4.78, 5) is 11.1. The maximum absolute atomic E-state index is 11.1. The van der Waals surface area contributed by atoms with Gasteiger partial charge < -0.3 is 10.9 Å². The van der Waals surface area contributed by atoms with Crippen LogP contribution in [0.15, 0.2) is 35.1 Å². The first kappa shape index (κ1) is 7.67. The van der Waals surface area contributed by atoms with Crippen LogP contribution in [0, 0.1) is 0 Å². The van der Waals surface area contributed by atoms with Gasteiger partial charge in [-0.1, -0.05) is 18.2 Å². The Morgan fingerprint density at radius 1 is 1.31 bits per heavy atom. The van der Waals surface area contributed by atoms with E-state index in [1.54, 1.807) is 24.3 Å². The summed E-state index contributed by atoms with van der Waals surface area (Å²) in [7, 11) is 0. The number of pyridine rings is 1. The van der Waals surface area contributed by atoms with E-state index in [0.717, 1.165) is 4.68 Å². The molecule has 0 aliphatic rings. The van der Waals surface area contributed by atoms with Gasteiger partial charge in [0.2, 0.25) is 5.88 Å². The van der Waals surface area contributed by atoms with Gasteiger partial charge in [-0.15, -0.1) is 0 Å². The van der Waals surface area contributed by atoms with Crippen LogP contribution in [-0.2, 0) is 0 Å². The van der Waals surface area contributed by atoms with E-state index in [-0.39, 0.29) is 5.88 Å². The van der Waals surface area contributed by atoms with E-state index in [1.165, 1.54) is 6.07 Å². The highest BCUT2D eigenvalue weighted by Gasteiger charge is 2.04. The Morgan fingerprint density at radius 3 is 2.77 bits per heavy atom. The maximum Gasteiger partial charge on any atom is 0.272 e. The molecule has 0 fully saturated rings. The number of nitrogen functional groups attached to an aromatic ring is 1. The zero-order chi connectivity index (χ0) is 9.42. The van der Waals surface area contributed by atoms with Crippen molar-refractivity contribution in [3.8, 4) is 5.88 Å². The standard InChI is InChI=1S/C9H8N2O2/c10-11-8(12)5-6-3-1-2-4-7(6)9(11)13/h1-5,13H,10H2. The fourth-order valence-electron chi connectivity index (χ4n) is 1.26. The average Bonchev–Trinajstić information content (AvgIpc) is 2.15. The van der Waals surface area contributed by atoms with Crippen LogP contribution in [0.2, 0.25) is 0 Å². The monoisotopic (exact) mass is 176 g/mol. The van der Waals surface area contributed by atoms with E-state index >= 15 is 0 Å². The van der Waals surface area contributed by atoms with Crippen LogP contribution in [0.3, 0.4) is 0 Å². The molecule has 0 saturated carbocycles. The fraction of sp³-hybridized carbons (Fsp3) is 0. The zero-order valence-electron chi connectivity index (χ0n) is 6.77. The topological polar surface area (TPSA) is 68.2 Å². The Bertz CT molecular complexity index is 516. The van der Waals surface area contributed by atoms with Crippen molar-refractivity contribution in [3.05, 3.63) is 40.7 Å². The molecule has 0 aliphatic heterocycles. The Labute approximate surface area is 73.8 Å². The molecule has 4 heteroatoms. The van der Waals surface area contributed by atoms with Gasteiger partial charge in [0.05, 0.1) is 0 Å². The predicted octanol–water partition coefficient (Wildman–Crippen LogP) is 0.421. The summed E-state index contributed by atoms with van der Waals surface area (Å²) < 4.78 is 0.725. The van der Waals surface area contributed by atoms with Crippen LogP contribution < -0.4 is 11.4 Å². The molecule has 1 heterocycles. The van der Waals surface area contributed by atoms with E-state index in [0.29, 0.717) is 10.8 Å². The minimum absolute atomic E-state index is 0.205. The first-order chi connectivity index (χ1) is 6.20. The molecule has 1 aromatic heterocycles. The molecule has 0 bridgehead atoms. The maximum atomic E-state index is 11.1. The molecule has 3 N–H and O–H groups in total. The van der Waals surface area contributed by atoms with Crippen LogP contribution in [0.25, 0.3) is 10.8 Å². The third kappa shape index (κ3) is 1.03. The number of aromatic hydroxyl groups is 1. The summed E-state index contributed by atoms with van der Waals surface area (Å²) >= 11 is 0. The van der Waals surface area contributed by atoms with Crippen molar-refractivity contribution in [1.82, 2.24) is 4.68 Å². The molecule has 0 unspecified atom stereocenters. The van der Waals surface area contributed by atoms with Gasteiger partial charge in [-0.25, -0.2) is 0 Å². The van der Waals surface area contributed by atoms with Crippen molar-refractivity contribution in [3.63, 3.8) is 0 Å². The van der Waals surface area contributed by atoms with Gasteiger partial charge in [0.25, 0.3) is 5.56 Å². The number of fused-ring (bicyclic) bond motifs is 1. The van der Waals surface area contributed by atoms with Crippen molar-refractivity contribution in [2.75, 3.05) is 5.84 Å². The summed E-state index contributed by atoms with van der Waals surface area (Å²) in [5.41, 5.74) is -0.420. The van der Waals surface area contributed by atoms with Crippen molar-refractivity contribution in [1.29, 1.82) is 0 Å². The molecule has 2 aromatic rings. The number of aromatic nitrogens is 1. The highest BCUT2D eigenvalue weighted by atomic mass is 16.3. The van der Waals surface area contributed by atoms with Gasteiger partial charge in [-0.2, -0.15) is 4.68 Å². The molecular weight excluding hydrogens is 168 g/mol. The smallest absolute Gasteiger partial charge is 0.272 e. The second kappa shape index (κ2) is 2.52. The third-order valence-electron chi connectivity index (χ3n) is 1.95. The SMILES string of the molecule is Nn1c(O)c2ccccc2cc1=O. The second-order valence-electron chi connectivity index (χ2n) is 2.76. The Hall–Kier alpha value is -1.97. The lowest BCUT2D eigenvalue weighted by Crippen LogP contribution is -2.25. The van der Waals surface area contributed by atoms with E-state index in [2.05, 4.69) is 0 Å². The molecule has 0 atom stereocenters. The van der Waals surface area contributed by atoms with Gasteiger partial charge >= 0.3 is 0 Å². The minimum atomic E-state index is -0.420. The van der Waals surface area contributed by atoms with Crippen LogP contribution in [0.5, 0.6) is 5.88 Å². The fourth-order valence-corrected chi connectivity index (χ4v) is 1.26. The normalized spacial score (nSPS) is 10.5. The van der Waals surface area contributed by atoms with Gasteiger partial charge in [-0.05, 0) is 11.5 Å². The predicted molar refractivity (Wildman–Crippen MR) is 50.0 cm³/mol. The van der Waals surface area contributed by atoms with Gasteiger partial charge in [0, 0.05) is 11.5 Å². The highest BCUT2D eigenvalue weighted by molar-refractivity contribution is 5.86. The zero-order valence-corrected chi connectivity index (χ0v) is 6.77. The summed E-state index contributed by atoms with van der Waals surface area (Å²) in [6, 6.07) is 8.40. The highest BCUT2D eigenvalue weighted by Crippen LogP contribution is 2.19. The van der Waals surface area contributed by atoms with Crippen molar-refractivity contribution in [2.24, 2.45) is 0 Å². The second-order valence-corrected chi connectivity index (χ2v) is 2.76. The van der Waals surface area contributed by atoms with Crippen LogP contribution in [-0.4, -0.2) is 9.78 Å². The Balaban J connectivity index is 3.02. The van der Waals surface area contributed by atoms with Gasteiger partial charge in [-0.3, -0.25) is 4.79 Å². The Kier molecular flexibility index (Phi) is 1.48. The molecule has 0 saturated heterocycles. The quantitative estimate of drug-likeness (QED) is 0.571. The number of nitrogens with two attached hydrogens (primary N) is 1. The third-order valence-corrected chi connectivity index (χ3v) is 1.95. The lowest BCUT2D eigenvalue weighted by Gasteiger charge is -2.04. The molecule has 0 radical (unpaired) electrons. The van der Waals surface area contributed by atoms with Crippen molar-refractivity contribution < 1.29 is 5.11 Å². The van der Waals surface area contributed by atoms with E-state index in [9.17, 15) is 9.90 Å². The molecule has 4 nitrogen and oxygen atoms in total. The van der Waals surface area contributed by atoms with Crippen LogP contribution in [0.1, 0.15) is 0 Å². The summed E-state index contributed by atoms with van der Waals surface area (Å²) in [6.45, 7) is 0. The minimum Gasteiger partial charge on any atom is -0.493 e.